The SMILES string of the molecule is O=C(O)c1ccccc1CC(=O)N1CCCC(Cc2ccccc2)C1. The predicted octanol–water partition coefficient (Wildman–Crippen LogP) is 3.41. The largest absolute Gasteiger partial charge is 0.478 e. The first-order valence-corrected chi connectivity index (χ1v) is 8.76. The van der Waals surface area contributed by atoms with Gasteiger partial charge >= 0.3 is 5.97 Å². The number of carbonyl (C=O) groups is 2. The molecule has 1 saturated heterocycles. The van der Waals surface area contributed by atoms with Gasteiger partial charge in [-0.25, -0.2) is 4.79 Å². The average molecular weight is 337 g/mol. The van der Waals surface area contributed by atoms with Crippen molar-refractivity contribution in [3.8, 4) is 0 Å². The van der Waals surface area contributed by atoms with Crippen molar-refractivity contribution in [1.82, 2.24) is 4.90 Å². The molecule has 3 rings (SSSR count). The van der Waals surface area contributed by atoms with Crippen LogP contribution in [0.15, 0.2) is 54.6 Å². The van der Waals surface area contributed by atoms with Crippen molar-refractivity contribution >= 4 is 11.9 Å². The number of nitrogens with zero attached hydrogens (tertiary/aromatic N) is 1. The summed E-state index contributed by atoms with van der Waals surface area (Å²) in [6, 6.07) is 17.1. The van der Waals surface area contributed by atoms with Crippen LogP contribution < -0.4 is 0 Å². The number of amides is 1. The molecule has 1 atom stereocenters. The quantitative estimate of drug-likeness (QED) is 0.909. The number of carbonyl (C=O) groups excluding carboxylic acids is 1. The van der Waals surface area contributed by atoms with Crippen molar-refractivity contribution in [2.24, 2.45) is 5.92 Å². The molecule has 1 unspecified atom stereocenters. The van der Waals surface area contributed by atoms with Crippen molar-refractivity contribution < 1.29 is 14.7 Å². The van der Waals surface area contributed by atoms with Gasteiger partial charge in [-0.2, -0.15) is 0 Å². The van der Waals surface area contributed by atoms with E-state index in [1.165, 1.54) is 5.56 Å². The Labute approximate surface area is 148 Å². The topological polar surface area (TPSA) is 57.6 Å². The van der Waals surface area contributed by atoms with E-state index in [0.717, 1.165) is 32.4 Å². The van der Waals surface area contributed by atoms with E-state index >= 15 is 0 Å². The fourth-order valence-corrected chi connectivity index (χ4v) is 3.56. The van der Waals surface area contributed by atoms with Gasteiger partial charge in [0.15, 0.2) is 0 Å². The highest BCUT2D eigenvalue weighted by Gasteiger charge is 2.24. The molecule has 0 bridgehead atoms. The highest BCUT2D eigenvalue weighted by molar-refractivity contribution is 5.91. The molecule has 0 spiro atoms. The molecule has 2 aromatic rings. The Kier molecular flexibility index (Phi) is 5.49. The van der Waals surface area contributed by atoms with Gasteiger partial charge in [0.1, 0.15) is 0 Å². The second-order valence-corrected chi connectivity index (χ2v) is 6.68. The molecule has 1 aliphatic heterocycles. The molecule has 1 aliphatic rings. The van der Waals surface area contributed by atoms with Crippen LogP contribution in [-0.4, -0.2) is 35.0 Å². The molecule has 1 amide bonds. The molecule has 0 radical (unpaired) electrons. The minimum atomic E-state index is -0.982. The van der Waals surface area contributed by atoms with Crippen molar-refractivity contribution in [2.45, 2.75) is 25.7 Å². The molecule has 25 heavy (non-hydrogen) atoms. The van der Waals surface area contributed by atoms with E-state index < -0.39 is 5.97 Å². The molecule has 0 aliphatic carbocycles. The van der Waals surface area contributed by atoms with Crippen LogP contribution in [0.5, 0.6) is 0 Å². The van der Waals surface area contributed by atoms with Gasteiger partial charge in [0.25, 0.3) is 0 Å². The molecule has 4 heteroatoms. The van der Waals surface area contributed by atoms with Crippen molar-refractivity contribution in [1.29, 1.82) is 0 Å². The molecule has 0 saturated carbocycles. The summed E-state index contributed by atoms with van der Waals surface area (Å²) in [6.45, 7) is 1.52. The van der Waals surface area contributed by atoms with Gasteiger partial charge in [-0.1, -0.05) is 48.5 Å². The van der Waals surface area contributed by atoms with Crippen LogP contribution >= 0.6 is 0 Å². The summed E-state index contributed by atoms with van der Waals surface area (Å²) in [5, 5.41) is 9.27. The summed E-state index contributed by atoms with van der Waals surface area (Å²) in [5.74, 6) is -0.495. The smallest absolute Gasteiger partial charge is 0.335 e. The third-order valence-electron chi connectivity index (χ3n) is 4.83. The van der Waals surface area contributed by atoms with Gasteiger partial charge in [-0.05, 0) is 42.4 Å². The molecule has 1 fully saturated rings. The second-order valence-electron chi connectivity index (χ2n) is 6.68. The number of aromatic carboxylic acids is 1. The number of benzene rings is 2. The number of likely N-dealkylation sites (tertiary alicyclic amines) is 1. The summed E-state index contributed by atoms with van der Waals surface area (Å²) < 4.78 is 0. The zero-order valence-electron chi connectivity index (χ0n) is 14.2. The minimum Gasteiger partial charge on any atom is -0.478 e. The molecule has 1 N–H and O–H groups in total. The molecule has 0 aromatic heterocycles. The van der Waals surface area contributed by atoms with Crippen LogP contribution in [-0.2, 0) is 17.6 Å². The lowest BCUT2D eigenvalue weighted by atomic mass is 9.91. The number of carboxylic acid groups (broad SMARTS) is 1. The maximum atomic E-state index is 12.7. The van der Waals surface area contributed by atoms with E-state index in [-0.39, 0.29) is 17.9 Å². The zero-order valence-corrected chi connectivity index (χ0v) is 14.2. The summed E-state index contributed by atoms with van der Waals surface area (Å²) in [7, 11) is 0. The van der Waals surface area contributed by atoms with Gasteiger partial charge in [-0.3, -0.25) is 4.79 Å². The Balaban J connectivity index is 1.63. The van der Waals surface area contributed by atoms with E-state index in [2.05, 4.69) is 12.1 Å². The minimum absolute atomic E-state index is 0.0199. The normalized spacial score (nSPS) is 17.3. The number of hydrogen-bond donors (Lipinski definition) is 1. The Morgan fingerprint density at radius 1 is 1.04 bits per heavy atom. The Morgan fingerprint density at radius 2 is 1.76 bits per heavy atom. The van der Waals surface area contributed by atoms with Gasteiger partial charge in [0.2, 0.25) is 5.91 Å². The Bertz CT molecular complexity index is 742. The van der Waals surface area contributed by atoms with Gasteiger partial charge in [0.05, 0.1) is 12.0 Å². The number of hydrogen-bond acceptors (Lipinski definition) is 2. The first-order valence-electron chi connectivity index (χ1n) is 8.76. The maximum Gasteiger partial charge on any atom is 0.335 e. The zero-order chi connectivity index (χ0) is 17.6. The van der Waals surface area contributed by atoms with Crippen LogP contribution in [0.25, 0.3) is 0 Å². The molecular weight excluding hydrogens is 314 g/mol. The van der Waals surface area contributed by atoms with Crippen LogP contribution in [0.1, 0.15) is 34.3 Å². The molecule has 130 valence electrons. The van der Waals surface area contributed by atoms with Crippen molar-refractivity contribution in [3.63, 3.8) is 0 Å². The first kappa shape index (κ1) is 17.2. The fraction of sp³-hybridized carbons (Fsp3) is 0.333. The number of rotatable bonds is 5. The number of carboxylic acids is 1. The number of piperidine rings is 1. The average Bonchev–Trinajstić information content (AvgIpc) is 2.63. The van der Waals surface area contributed by atoms with Gasteiger partial charge in [-0.15, -0.1) is 0 Å². The highest BCUT2D eigenvalue weighted by Crippen LogP contribution is 2.22. The van der Waals surface area contributed by atoms with Crippen LogP contribution in [0, 0.1) is 5.92 Å². The lowest BCUT2D eigenvalue weighted by molar-refractivity contribution is -0.132. The summed E-state index contributed by atoms with van der Waals surface area (Å²) in [6.07, 6.45) is 3.27. The maximum absolute atomic E-state index is 12.7. The first-order chi connectivity index (χ1) is 12.1. The van der Waals surface area contributed by atoms with Gasteiger partial charge in [0, 0.05) is 13.1 Å². The third kappa shape index (κ3) is 4.47. The van der Waals surface area contributed by atoms with Crippen LogP contribution in [0.4, 0.5) is 0 Å². The van der Waals surface area contributed by atoms with E-state index in [1.807, 2.05) is 23.1 Å². The highest BCUT2D eigenvalue weighted by atomic mass is 16.4. The van der Waals surface area contributed by atoms with Gasteiger partial charge < -0.3 is 10.0 Å². The molecular formula is C21H23NO3. The monoisotopic (exact) mass is 337 g/mol. The van der Waals surface area contributed by atoms with E-state index in [4.69, 9.17) is 0 Å². The summed E-state index contributed by atoms with van der Waals surface area (Å²) in [5.41, 5.74) is 2.11. The second kappa shape index (κ2) is 7.97. The van der Waals surface area contributed by atoms with Crippen molar-refractivity contribution in [3.05, 3.63) is 71.3 Å². The summed E-state index contributed by atoms with van der Waals surface area (Å²) >= 11 is 0. The predicted molar refractivity (Wildman–Crippen MR) is 96.6 cm³/mol. The lowest BCUT2D eigenvalue weighted by Crippen LogP contribution is -2.41. The van der Waals surface area contributed by atoms with E-state index in [9.17, 15) is 14.7 Å². The fourth-order valence-electron chi connectivity index (χ4n) is 3.56. The van der Waals surface area contributed by atoms with Crippen molar-refractivity contribution in [2.75, 3.05) is 13.1 Å². The molecule has 2 aromatic carbocycles. The standard InChI is InChI=1S/C21H23NO3/c23-20(14-18-10-4-5-11-19(18)21(24)25)22-12-6-9-17(15-22)13-16-7-2-1-3-8-16/h1-5,7-8,10-11,17H,6,9,12-15H2,(H,24,25). The Morgan fingerprint density at radius 3 is 2.52 bits per heavy atom. The Hall–Kier alpha value is -2.62. The molecule has 4 nitrogen and oxygen atoms in total. The lowest BCUT2D eigenvalue weighted by Gasteiger charge is -2.33. The van der Waals surface area contributed by atoms with E-state index in [0.29, 0.717) is 11.5 Å². The third-order valence-corrected chi connectivity index (χ3v) is 4.83. The summed E-state index contributed by atoms with van der Waals surface area (Å²) in [4.78, 5) is 25.9. The van der Waals surface area contributed by atoms with E-state index in [1.54, 1.807) is 24.3 Å². The van der Waals surface area contributed by atoms with Crippen LogP contribution in [0.2, 0.25) is 0 Å². The van der Waals surface area contributed by atoms with Crippen LogP contribution in [0.3, 0.4) is 0 Å². The molecule has 1 heterocycles.